The molecule has 0 aliphatic rings. The number of rotatable bonds is 5. The fourth-order valence-electron chi connectivity index (χ4n) is 2.35. The number of amides is 2. The van der Waals surface area contributed by atoms with Crippen molar-refractivity contribution in [2.24, 2.45) is 5.73 Å². The number of carbonyl (C=O) groups is 2. The van der Waals surface area contributed by atoms with Crippen molar-refractivity contribution >= 4 is 38.2 Å². The topological polar surface area (TPSA) is 142 Å². The number of primary amides is 1. The van der Waals surface area contributed by atoms with Crippen molar-refractivity contribution in [3.05, 3.63) is 46.3 Å². The Hall–Kier alpha value is -2.95. The molecule has 0 atom stereocenters. The minimum atomic E-state index is -5.30. The second-order valence-electron chi connectivity index (χ2n) is 6.46. The van der Waals surface area contributed by atoms with Gasteiger partial charge in [-0.1, -0.05) is 0 Å². The van der Waals surface area contributed by atoms with Gasteiger partial charge in [0.1, 0.15) is 15.5 Å². The first-order chi connectivity index (χ1) is 13.6. The molecule has 13 heteroatoms. The third-order valence-corrected chi connectivity index (χ3v) is 6.49. The Morgan fingerprint density at radius 1 is 1.23 bits per heavy atom. The Labute approximate surface area is 173 Å². The number of carbonyl (C=O) groups excluding carboxylic acids is 2. The Balaban J connectivity index is 2.89. The van der Waals surface area contributed by atoms with Crippen molar-refractivity contribution < 1.29 is 36.3 Å². The molecule has 0 aliphatic heterocycles. The number of benzene rings is 1. The number of nitrogens with two attached hydrogens (primary N) is 1. The van der Waals surface area contributed by atoms with Crippen molar-refractivity contribution in [2.45, 2.75) is 30.5 Å². The molecule has 0 spiro atoms. The van der Waals surface area contributed by atoms with Crippen LogP contribution in [0.3, 0.4) is 0 Å². The van der Waals surface area contributed by atoms with Gasteiger partial charge >= 0.3 is 6.18 Å². The normalized spacial score (nSPS) is 12.3. The average molecular weight is 461 g/mol. The van der Waals surface area contributed by atoms with Gasteiger partial charge < -0.3 is 10.8 Å². The van der Waals surface area contributed by atoms with Crippen LogP contribution in [-0.4, -0.2) is 30.9 Å². The second kappa shape index (κ2) is 7.71. The summed E-state index contributed by atoms with van der Waals surface area (Å²) in [6.07, 6.45) is -5.19. The molecule has 0 bridgehead atoms. The highest BCUT2D eigenvalue weighted by Gasteiger charge is 2.45. The molecule has 1 aromatic carbocycles. The van der Waals surface area contributed by atoms with Crippen molar-refractivity contribution in [2.75, 3.05) is 4.31 Å². The van der Waals surface area contributed by atoms with E-state index in [-0.39, 0.29) is 4.31 Å². The molecule has 1 aromatic heterocycles. The molecular formula is C17H14F3N3O5S2. The van der Waals surface area contributed by atoms with Crippen molar-refractivity contribution in [3.63, 3.8) is 0 Å². The molecule has 1 heterocycles. The molecule has 2 amide bonds. The van der Waals surface area contributed by atoms with E-state index in [1.165, 1.54) is 11.4 Å². The Kier molecular flexibility index (Phi) is 5.99. The van der Waals surface area contributed by atoms with Crippen LogP contribution in [0.5, 0.6) is 0 Å². The maximum atomic E-state index is 13.5. The second-order valence-corrected chi connectivity index (χ2v) is 9.11. The summed E-state index contributed by atoms with van der Waals surface area (Å²) in [7, 11) is -5.30. The van der Waals surface area contributed by atoms with Crippen LogP contribution in [0.4, 0.5) is 18.2 Å². The number of thiophene rings is 1. The minimum Gasteiger partial charge on any atom is -0.381 e. The quantitative estimate of drug-likeness (QED) is 0.699. The summed E-state index contributed by atoms with van der Waals surface area (Å²) in [5.74, 6) is -2.64. The number of hydrogen-bond donors (Lipinski definition) is 2. The van der Waals surface area contributed by atoms with Gasteiger partial charge in [0.2, 0.25) is 0 Å². The lowest BCUT2D eigenvalue weighted by atomic mass is 10.1. The van der Waals surface area contributed by atoms with Gasteiger partial charge in [-0.3, -0.25) is 9.59 Å². The van der Waals surface area contributed by atoms with Gasteiger partial charge in [0.15, 0.2) is 0 Å². The molecule has 160 valence electrons. The van der Waals surface area contributed by atoms with Crippen LogP contribution in [0.1, 0.15) is 35.3 Å². The maximum Gasteiger partial charge on any atom is 0.417 e. The molecule has 0 fully saturated rings. The fourth-order valence-corrected chi connectivity index (χ4v) is 5.23. The van der Waals surface area contributed by atoms with Gasteiger partial charge in [-0.05, 0) is 43.5 Å². The number of hydrogen-bond acceptors (Lipinski definition) is 7. The number of anilines is 1. The van der Waals surface area contributed by atoms with Crippen LogP contribution in [0, 0.1) is 11.3 Å². The lowest BCUT2D eigenvalue weighted by Gasteiger charge is -2.28. The van der Waals surface area contributed by atoms with E-state index in [0.29, 0.717) is 23.5 Å². The summed E-state index contributed by atoms with van der Waals surface area (Å²) < 4.78 is 67.0. The van der Waals surface area contributed by atoms with Gasteiger partial charge in [0.25, 0.3) is 21.8 Å². The monoisotopic (exact) mass is 461 g/mol. The van der Waals surface area contributed by atoms with Crippen LogP contribution in [0.15, 0.2) is 34.5 Å². The number of halogens is 3. The van der Waals surface area contributed by atoms with Gasteiger partial charge in [0, 0.05) is 0 Å². The van der Waals surface area contributed by atoms with E-state index < -0.39 is 60.2 Å². The van der Waals surface area contributed by atoms with Crippen LogP contribution in [0.2, 0.25) is 0 Å². The molecule has 0 aliphatic carbocycles. The van der Waals surface area contributed by atoms with Crippen molar-refractivity contribution in [1.29, 1.82) is 5.26 Å². The van der Waals surface area contributed by atoms with Gasteiger partial charge in [-0.15, -0.1) is 11.3 Å². The van der Waals surface area contributed by atoms with E-state index in [0.717, 1.165) is 26.0 Å². The molecule has 0 unspecified atom stereocenters. The Morgan fingerprint density at radius 3 is 2.30 bits per heavy atom. The number of nitrogens with zero attached hydrogens (tertiary/aromatic N) is 2. The van der Waals surface area contributed by atoms with E-state index in [1.54, 1.807) is 0 Å². The zero-order valence-electron chi connectivity index (χ0n) is 15.4. The van der Waals surface area contributed by atoms with Gasteiger partial charge in [0.05, 0.1) is 22.8 Å². The smallest absolute Gasteiger partial charge is 0.381 e. The number of sulfonamides is 1. The summed E-state index contributed by atoms with van der Waals surface area (Å²) in [5, 5.41) is 19.6. The largest absolute Gasteiger partial charge is 0.417 e. The van der Waals surface area contributed by atoms with E-state index in [9.17, 15) is 36.3 Å². The van der Waals surface area contributed by atoms with Gasteiger partial charge in [-0.25, -0.2) is 8.42 Å². The SMILES string of the molecule is CC(C)(O)C(=O)N(c1sccc1C(N)=O)S(=O)(=O)c1ccc(C#N)cc1C(F)(F)F. The average Bonchev–Trinajstić information content (AvgIpc) is 3.08. The summed E-state index contributed by atoms with van der Waals surface area (Å²) in [5.41, 5.74) is 0.254. The molecule has 3 N–H and O–H groups in total. The number of aliphatic hydroxyl groups is 1. The van der Waals surface area contributed by atoms with Crippen LogP contribution < -0.4 is 10.0 Å². The first-order valence-electron chi connectivity index (χ1n) is 7.93. The van der Waals surface area contributed by atoms with Gasteiger partial charge in [-0.2, -0.15) is 22.7 Å². The standard InChI is InChI=1S/C17H14F3N3O5S2/c1-16(2,26)15(25)23(14-10(13(22)24)5-6-29-14)30(27,28)12-4-3-9(8-21)7-11(12)17(18,19)20/h3-7,26H,1-2H3,(H2,22,24). The van der Waals surface area contributed by atoms with Crippen LogP contribution >= 0.6 is 11.3 Å². The molecule has 30 heavy (non-hydrogen) atoms. The van der Waals surface area contributed by atoms with E-state index >= 15 is 0 Å². The van der Waals surface area contributed by atoms with E-state index in [1.807, 2.05) is 0 Å². The molecule has 2 rings (SSSR count). The zero-order chi connectivity index (χ0) is 23.1. The Morgan fingerprint density at radius 2 is 1.83 bits per heavy atom. The van der Waals surface area contributed by atoms with Crippen molar-refractivity contribution in [1.82, 2.24) is 0 Å². The lowest BCUT2D eigenvalue weighted by Crippen LogP contribution is -2.49. The first-order valence-corrected chi connectivity index (χ1v) is 10.2. The van der Waals surface area contributed by atoms with Crippen molar-refractivity contribution in [3.8, 4) is 6.07 Å². The number of alkyl halides is 3. The summed E-state index contributed by atoms with van der Waals surface area (Å²) in [6.45, 7) is 1.86. The van der Waals surface area contributed by atoms with Crippen LogP contribution in [0.25, 0.3) is 0 Å². The lowest BCUT2D eigenvalue weighted by molar-refractivity contribution is -0.140. The molecular weight excluding hydrogens is 447 g/mol. The summed E-state index contributed by atoms with van der Waals surface area (Å²) in [4.78, 5) is 23.1. The third-order valence-electron chi connectivity index (χ3n) is 3.73. The fraction of sp³-hybridized carbons (Fsp3) is 0.235. The highest BCUT2D eigenvalue weighted by atomic mass is 32.2. The molecule has 0 saturated carbocycles. The maximum absolute atomic E-state index is 13.5. The molecule has 2 aromatic rings. The first kappa shape index (κ1) is 23.3. The predicted molar refractivity (Wildman–Crippen MR) is 100.0 cm³/mol. The number of nitriles is 1. The van der Waals surface area contributed by atoms with E-state index in [2.05, 4.69) is 0 Å². The third kappa shape index (κ3) is 4.30. The minimum absolute atomic E-state index is 0.0750. The molecule has 8 nitrogen and oxygen atoms in total. The summed E-state index contributed by atoms with van der Waals surface area (Å²) in [6, 6.07) is 4.24. The zero-order valence-corrected chi connectivity index (χ0v) is 17.0. The highest BCUT2D eigenvalue weighted by molar-refractivity contribution is 7.94. The highest BCUT2D eigenvalue weighted by Crippen LogP contribution is 2.39. The van der Waals surface area contributed by atoms with Crippen LogP contribution in [-0.2, 0) is 21.0 Å². The molecule has 0 saturated heterocycles. The predicted octanol–water partition coefficient (Wildman–Crippen LogP) is 2.23. The molecule has 0 radical (unpaired) electrons. The Bertz CT molecular complexity index is 1160. The van der Waals surface area contributed by atoms with E-state index in [4.69, 9.17) is 11.0 Å². The summed E-state index contributed by atoms with van der Waals surface area (Å²) >= 11 is 0.553.